The van der Waals surface area contributed by atoms with Crippen LogP contribution in [0.3, 0.4) is 0 Å². The van der Waals surface area contributed by atoms with Crippen LogP contribution in [0.2, 0.25) is 0 Å². The molecule has 314 valence electrons. The molecule has 4 N–H and O–H groups in total. The quantitative estimate of drug-likeness (QED) is 0.0779. The van der Waals surface area contributed by atoms with Gasteiger partial charge >= 0.3 is 0 Å². The summed E-state index contributed by atoms with van der Waals surface area (Å²) in [5.74, 6) is 5.10. The largest absolute Gasteiger partial charge is 0.508 e. The Morgan fingerprint density at radius 2 is 1.85 bits per heavy atom. The fraction of sp³-hybridized carbons (Fsp3) is 0.404. The molecule has 8 rings (SSSR count). The Labute approximate surface area is 355 Å². The fourth-order valence-corrected chi connectivity index (χ4v) is 9.06. The summed E-state index contributed by atoms with van der Waals surface area (Å²) in [5.41, 5.74) is 8.15. The maximum atomic E-state index is 13.8. The van der Waals surface area contributed by atoms with Gasteiger partial charge in [-0.15, -0.1) is 0 Å². The predicted octanol–water partition coefficient (Wildman–Crippen LogP) is 10.7. The van der Waals surface area contributed by atoms with E-state index in [2.05, 4.69) is 85.8 Å². The van der Waals surface area contributed by atoms with E-state index in [1.165, 1.54) is 5.56 Å². The van der Waals surface area contributed by atoms with Crippen LogP contribution in [0.15, 0.2) is 90.2 Å². The minimum atomic E-state index is -0.516. The van der Waals surface area contributed by atoms with Crippen molar-refractivity contribution in [2.45, 2.75) is 103 Å². The molecule has 2 heterocycles. The zero-order valence-electron chi connectivity index (χ0n) is 35.3. The molecule has 0 radical (unpaired) electrons. The van der Waals surface area contributed by atoms with Crippen LogP contribution in [-0.2, 0) is 35.4 Å². The van der Waals surface area contributed by atoms with Gasteiger partial charge in [0.1, 0.15) is 36.1 Å². The molecule has 0 unspecified atom stereocenters. The number of nitrogens with one attached hydrogen (secondary N) is 1. The van der Waals surface area contributed by atoms with Gasteiger partial charge in [-0.3, -0.25) is 4.79 Å². The van der Waals surface area contributed by atoms with Gasteiger partial charge in [-0.1, -0.05) is 67.8 Å². The highest BCUT2D eigenvalue weighted by Gasteiger charge is 2.29. The van der Waals surface area contributed by atoms with E-state index in [4.69, 9.17) is 14.2 Å². The number of carbonyl (C=O) groups is 1. The number of rotatable bonds is 13. The Morgan fingerprint density at radius 3 is 2.68 bits per heavy atom. The summed E-state index contributed by atoms with van der Waals surface area (Å²) in [6.45, 7) is 5.49. The standard InChI is InChI=1S/C52H59NO7/c1-4-53-41-14-7-11-35(26-41)10-5-6-12-37-28-38(13-8-24-54)48(56)30-40(37)29-43-31-42(55)20-17-36-18-23-50(58-3)51(27-36)60-33-39-19-22-46-45(15-9-25-59-43)49(57)32-47-34(2)16-21-44(39)52(46)47/h7,11,14,16,18-19,21-23,26-28,30,32,34,37,40,43,53-54,56-57H,4-6,8,10,12-13,15,17,20,24,29,31,33H2,1-3H3/t34-,37+,40+,43+/m0/s1. The molecule has 0 saturated carbocycles. The topological polar surface area (TPSA) is 117 Å². The number of phenolic OH excluding ortho intramolecular Hbond substituents is 1. The van der Waals surface area contributed by atoms with Crippen LogP contribution in [0.1, 0.15) is 105 Å². The number of benzene rings is 4. The second kappa shape index (κ2) is 20.1. The van der Waals surface area contributed by atoms with Crippen molar-refractivity contribution in [2.24, 2.45) is 11.8 Å². The van der Waals surface area contributed by atoms with Crippen molar-refractivity contribution in [3.05, 3.63) is 124 Å². The second-order valence-corrected chi connectivity index (χ2v) is 16.5. The third kappa shape index (κ3) is 10.2. The Hall–Kier alpha value is -5.65. The molecule has 8 nitrogen and oxygen atoms in total. The Morgan fingerprint density at radius 1 is 0.967 bits per heavy atom. The SMILES string of the molecule is CCNc1cccc(CCCC[C@@H]2C=C(CCCO)C(O)=C[C@H]2C[C@@H]2CC(=O)CCc3ccc(OC)c(c3)OCc3ccc4c(c(O)cc5c4c3C=C[C@@H]5C)CC#CO2)c1. The number of hydrogen-bond acceptors (Lipinski definition) is 8. The van der Waals surface area contributed by atoms with Crippen molar-refractivity contribution < 1.29 is 34.3 Å². The molecule has 0 fully saturated rings. The minimum Gasteiger partial charge on any atom is -0.508 e. The maximum absolute atomic E-state index is 13.8. The van der Waals surface area contributed by atoms with E-state index < -0.39 is 6.10 Å². The number of hydrogen-bond donors (Lipinski definition) is 4. The van der Waals surface area contributed by atoms with Gasteiger partial charge in [-0.2, -0.15) is 0 Å². The lowest BCUT2D eigenvalue weighted by Crippen LogP contribution is -2.25. The zero-order chi connectivity index (χ0) is 42.0. The van der Waals surface area contributed by atoms with Crippen molar-refractivity contribution in [1.29, 1.82) is 0 Å². The number of aliphatic hydroxyl groups is 2. The first-order valence-corrected chi connectivity index (χ1v) is 21.7. The number of unbranched alkanes of at least 4 members (excludes halogenated alkanes) is 1. The molecule has 6 bridgehead atoms. The van der Waals surface area contributed by atoms with E-state index in [0.717, 1.165) is 82.1 Å². The third-order valence-electron chi connectivity index (χ3n) is 12.3. The summed E-state index contributed by atoms with van der Waals surface area (Å²) in [6, 6.07) is 20.4. The number of aryl methyl sites for hydroxylation is 2. The number of carbonyl (C=O) groups excluding carboxylic acids is 1. The number of anilines is 1. The molecule has 2 aliphatic carbocycles. The van der Waals surface area contributed by atoms with Crippen LogP contribution in [0.5, 0.6) is 17.2 Å². The number of methoxy groups -OCH3 is 1. The molecule has 60 heavy (non-hydrogen) atoms. The summed E-state index contributed by atoms with van der Waals surface area (Å²) in [4.78, 5) is 13.8. The van der Waals surface area contributed by atoms with Gasteiger partial charge in [0.25, 0.3) is 0 Å². The molecule has 4 aromatic carbocycles. The van der Waals surface area contributed by atoms with Gasteiger partial charge in [0.2, 0.25) is 0 Å². The highest BCUT2D eigenvalue weighted by atomic mass is 16.5. The summed E-state index contributed by atoms with van der Waals surface area (Å²) in [7, 11) is 1.63. The Bertz CT molecular complexity index is 2330. The normalized spacial score (nSPS) is 20.2. The first-order chi connectivity index (χ1) is 29.2. The lowest BCUT2D eigenvalue weighted by atomic mass is 9.77. The Kier molecular flexibility index (Phi) is 14.2. The Balaban J connectivity index is 1.16. The summed E-state index contributed by atoms with van der Waals surface area (Å²) in [6.07, 6.45) is 17.8. The minimum absolute atomic E-state index is 0.0578. The molecule has 4 aromatic rings. The third-order valence-corrected chi connectivity index (χ3v) is 12.3. The smallest absolute Gasteiger partial charge is 0.161 e. The van der Waals surface area contributed by atoms with Crippen LogP contribution in [-0.4, -0.2) is 47.5 Å². The molecule has 0 aromatic heterocycles. The highest BCUT2D eigenvalue weighted by Crippen LogP contribution is 2.42. The number of allylic oxidation sites excluding steroid dienone is 4. The van der Waals surface area contributed by atoms with Crippen molar-refractivity contribution in [3.63, 3.8) is 0 Å². The average Bonchev–Trinajstić information content (AvgIpc) is 3.24. The summed E-state index contributed by atoms with van der Waals surface area (Å²) in [5, 5.41) is 37.6. The molecule has 0 spiro atoms. The molecule has 4 atom stereocenters. The van der Waals surface area contributed by atoms with Gasteiger partial charge in [0.15, 0.2) is 11.5 Å². The zero-order valence-corrected chi connectivity index (χ0v) is 35.3. The molecule has 0 saturated heterocycles. The number of Topliss-reactive ketones (excluding diaryl/α,β-unsaturated/α-hetero) is 1. The molecule has 8 heteroatoms. The number of aliphatic hydroxyl groups excluding tert-OH is 2. The van der Waals surface area contributed by atoms with Gasteiger partial charge in [0.05, 0.1) is 7.11 Å². The maximum Gasteiger partial charge on any atom is 0.161 e. The van der Waals surface area contributed by atoms with Crippen molar-refractivity contribution in [3.8, 4) is 29.3 Å². The number of aromatic hydroxyl groups is 1. The number of phenols is 1. The predicted molar refractivity (Wildman–Crippen MR) is 240 cm³/mol. The second-order valence-electron chi connectivity index (χ2n) is 16.5. The van der Waals surface area contributed by atoms with E-state index in [1.807, 2.05) is 30.3 Å². The average molecular weight is 810 g/mol. The van der Waals surface area contributed by atoms with Crippen molar-refractivity contribution in [1.82, 2.24) is 0 Å². The van der Waals surface area contributed by atoms with E-state index in [0.29, 0.717) is 50.2 Å². The lowest BCUT2D eigenvalue weighted by molar-refractivity contribution is -0.121. The van der Waals surface area contributed by atoms with Crippen molar-refractivity contribution >= 4 is 28.3 Å². The first kappa shape index (κ1) is 42.5. The van der Waals surface area contributed by atoms with Crippen molar-refractivity contribution in [2.75, 3.05) is 25.6 Å². The molecule has 4 aliphatic rings. The lowest BCUT2D eigenvalue weighted by Gasteiger charge is -2.30. The highest BCUT2D eigenvalue weighted by molar-refractivity contribution is 6.00. The van der Waals surface area contributed by atoms with Crippen LogP contribution >= 0.6 is 0 Å². The van der Waals surface area contributed by atoms with Gasteiger partial charge < -0.3 is 34.8 Å². The number of fused-ring (bicyclic) bond motifs is 9. The van der Waals surface area contributed by atoms with Crippen LogP contribution in [0.25, 0.3) is 16.8 Å². The van der Waals surface area contributed by atoms with E-state index in [-0.39, 0.29) is 54.5 Å². The first-order valence-electron chi connectivity index (χ1n) is 21.7. The van der Waals surface area contributed by atoms with Gasteiger partial charge in [-0.05, 0) is 144 Å². The fourth-order valence-electron chi connectivity index (χ4n) is 9.06. The van der Waals surface area contributed by atoms with Crippen LogP contribution in [0.4, 0.5) is 5.69 Å². The molecule has 2 aliphatic heterocycles. The summed E-state index contributed by atoms with van der Waals surface area (Å²) < 4.78 is 18.4. The van der Waals surface area contributed by atoms with E-state index >= 15 is 0 Å². The molecular weight excluding hydrogens is 751 g/mol. The van der Waals surface area contributed by atoms with Gasteiger partial charge in [-0.25, -0.2) is 0 Å². The van der Waals surface area contributed by atoms with E-state index in [1.54, 1.807) is 7.11 Å². The van der Waals surface area contributed by atoms with Crippen LogP contribution < -0.4 is 14.8 Å². The van der Waals surface area contributed by atoms with Crippen LogP contribution in [0, 0.1) is 23.9 Å². The summed E-state index contributed by atoms with van der Waals surface area (Å²) >= 11 is 0. The van der Waals surface area contributed by atoms with Gasteiger partial charge in [0, 0.05) is 49.6 Å². The monoisotopic (exact) mass is 809 g/mol. The number of ketones is 1. The number of ether oxygens (including phenoxy) is 3. The molecular formula is C52H59NO7. The molecule has 0 amide bonds. The van der Waals surface area contributed by atoms with E-state index in [9.17, 15) is 20.1 Å².